The molecule has 0 unspecified atom stereocenters. The number of allylic oxidation sites excluding steroid dienone is 1. The molecule has 0 bridgehead atoms. The minimum Gasteiger partial charge on any atom is -0.378 e. The van der Waals surface area contributed by atoms with Gasteiger partial charge in [0.05, 0.1) is 12.3 Å². The van der Waals surface area contributed by atoms with Crippen LogP contribution >= 0.6 is 0 Å². The molecule has 0 fully saturated rings. The lowest BCUT2D eigenvalue weighted by atomic mass is 10.2. The summed E-state index contributed by atoms with van der Waals surface area (Å²) in [6, 6.07) is 0. The minimum atomic E-state index is -2.63. The number of rotatable bonds is 5. The molecule has 1 rings (SSSR count). The van der Waals surface area contributed by atoms with Gasteiger partial charge in [-0.15, -0.1) is 0 Å². The SMILES string of the molecule is C=CN1C(COC)=CC(C(F)F)=N/C1=C\CN. The molecule has 6 heteroatoms. The van der Waals surface area contributed by atoms with Gasteiger partial charge in [0.1, 0.15) is 11.5 Å². The number of methoxy groups -OCH3 is 1. The third-order valence-electron chi connectivity index (χ3n) is 2.11. The molecule has 1 heterocycles. The van der Waals surface area contributed by atoms with Gasteiger partial charge in [-0.2, -0.15) is 0 Å². The minimum absolute atomic E-state index is 0.194. The second-order valence-corrected chi connectivity index (χ2v) is 3.26. The summed E-state index contributed by atoms with van der Waals surface area (Å²) in [7, 11) is 1.49. The quantitative estimate of drug-likeness (QED) is 0.795. The zero-order valence-corrected chi connectivity index (χ0v) is 9.57. The topological polar surface area (TPSA) is 50.8 Å². The van der Waals surface area contributed by atoms with Crippen LogP contribution < -0.4 is 5.73 Å². The van der Waals surface area contributed by atoms with Gasteiger partial charge < -0.3 is 15.4 Å². The molecule has 4 nitrogen and oxygen atoms in total. The van der Waals surface area contributed by atoms with E-state index in [-0.39, 0.29) is 18.9 Å². The summed E-state index contributed by atoms with van der Waals surface area (Å²) in [6.07, 6.45) is 1.70. The Hall–Kier alpha value is -1.53. The predicted molar refractivity (Wildman–Crippen MR) is 62.6 cm³/mol. The molecule has 0 aliphatic carbocycles. The second kappa shape index (κ2) is 6.27. The number of aliphatic imine (C=N–C) groups is 1. The number of ether oxygens (including phenoxy) is 1. The zero-order chi connectivity index (χ0) is 12.8. The summed E-state index contributed by atoms with van der Waals surface area (Å²) in [4.78, 5) is 5.40. The van der Waals surface area contributed by atoms with E-state index in [0.717, 1.165) is 0 Å². The molecule has 1 aliphatic heterocycles. The molecule has 0 saturated heterocycles. The summed E-state index contributed by atoms with van der Waals surface area (Å²) >= 11 is 0. The number of nitrogens with zero attached hydrogens (tertiary/aromatic N) is 2. The number of halogens is 2. The molecule has 0 atom stereocenters. The van der Waals surface area contributed by atoms with Crippen molar-refractivity contribution in [3.63, 3.8) is 0 Å². The van der Waals surface area contributed by atoms with E-state index < -0.39 is 6.43 Å². The second-order valence-electron chi connectivity index (χ2n) is 3.26. The van der Waals surface area contributed by atoms with Crippen LogP contribution in [0.3, 0.4) is 0 Å². The highest BCUT2D eigenvalue weighted by atomic mass is 19.3. The summed E-state index contributed by atoms with van der Waals surface area (Å²) < 4.78 is 30.3. The molecule has 0 aromatic heterocycles. The van der Waals surface area contributed by atoms with Crippen molar-refractivity contribution in [2.24, 2.45) is 10.7 Å². The largest absolute Gasteiger partial charge is 0.378 e. The Balaban J connectivity index is 3.12. The lowest BCUT2D eigenvalue weighted by molar-refractivity contribution is 0.205. The van der Waals surface area contributed by atoms with E-state index in [2.05, 4.69) is 11.6 Å². The van der Waals surface area contributed by atoms with Crippen molar-refractivity contribution in [1.82, 2.24) is 4.90 Å². The van der Waals surface area contributed by atoms with Gasteiger partial charge in [0.15, 0.2) is 0 Å². The predicted octanol–water partition coefficient (Wildman–Crippen LogP) is 1.48. The Bertz CT molecular complexity index is 375. The highest BCUT2D eigenvalue weighted by Gasteiger charge is 2.22. The highest BCUT2D eigenvalue weighted by Crippen LogP contribution is 2.22. The van der Waals surface area contributed by atoms with Gasteiger partial charge in [-0.1, -0.05) is 6.58 Å². The molecule has 94 valence electrons. The van der Waals surface area contributed by atoms with Gasteiger partial charge in [0, 0.05) is 19.9 Å². The fourth-order valence-corrected chi connectivity index (χ4v) is 1.44. The van der Waals surface area contributed by atoms with Gasteiger partial charge in [0.2, 0.25) is 0 Å². The Labute approximate surface area is 98.8 Å². The average molecular weight is 243 g/mol. The molecule has 0 saturated carbocycles. The Morgan fingerprint density at radius 1 is 1.65 bits per heavy atom. The van der Waals surface area contributed by atoms with Crippen LogP contribution in [-0.4, -0.2) is 37.3 Å². The molecular formula is C11H15F2N3O. The van der Waals surface area contributed by atoms with E-state index in [4.69, 9.17) is 10.5 Å². The molecule has 0 amide bonds. The fourth-order valence-electron chi connectivity index (χ4n) is 1.44. The van der Waals surface area contributed by atoms with E-state index in [0.29, 0.717) is 11.5 Å². The maximum absolute atomic E-state index is 12.7. The third kappa shape index (κ3) is 3.21. The van der Waals surface area contributed by atoms with Crippen molar-refractivity contribution < 1.29 is 13.5 Å². The fraction of sp³-hybridized carbons (Fsp3) is 0.364. The van der Waals surface area contributed by atoms with Crippen LogP contribution in [0, 0.1) is 0 Å². The number of alkyl halides is 2. The molecule has 0 aromatic carbocycles. The smallest absolute Gasteiger partial charge is 0.280 e. The first-order valence-electron chi connectivity index (χ1n) is 5.02. The van der Waals surface area contributed by atoms with Crippen LogP contribution in [0.1, 0.15) is 0 Å². The van der Waals surface area contributed by atoms with E-state index in [9.17, 15) is 8.78 Å². The lowest BCUT2D eigenvalue weighted by Gasteiger charge is -2.27. The normalized spacial score (nSPS) is 18.4. The van der Waals surface area contributed by atoms with Crippen molar-refractivity contribution in [2.75, 3.05) is 20.3 Å². The van der Waals surface area contributed by atoms with E-state index >= 15 is 0 Å². The summed E-state index contributed by atoms with van der Waals surface area (Å²) in [5, 5.41) is 0. The average Bonchev–Trinajstić information content (AvgIpc) is 2.29. The van der Waals surface area contributed by atoms with Crippen LogP contribution in [0.25, 0.3) is 0 Å². The number of hydrogen-bond donors (Lipinski definition) is 1. The Morgan fingerprint density at radius 3 is 2.82 bits per heavy atom. The van der Waals surface area contributed by atoms with Crippen molar-refractivity contribution in [2.45, 2.75) is 6.43 Å². The standard InChI is InChI=1S/C11H15F2N3O/c1-3-16-8(7-17-2)6-9(11(12)13)15-10(16)4-5-14/h3-4,6,11H,1,5,7,14H2,2H3/b10-4+. The first-order valence-corrected chi connectivity index (χ1v) is 5.02. The van der Waals surface area contributed by atoms with Crippen LogP contribution in [-0.2, 0) is 4.74 Å². The molecule has 0 radical (unpaired) electrons. The van der Waals surface area contributed by atoms with Crippen LogP contribution in [0.5, 0.6) is 0 Å². The van der Waals surface area contributed by atoms with Gasteiger partial charge in [-0.05, 0) is 12.2 Å². The number of nitrogens with two attached hydrogens (primary N) is 1. The monoisotopic (exact) mass is 243 g/mol. The van der Waals surface area contributed by atoms with Crippen molar-refractivity contribution in [3.8, 4) is 0 Å². The van der Waals surface area contributed by atoms with E-state index in [1.807, 2.05) is 0 Å². The molecule has 0 spiro atoms. The van der Waals surface area contributed by atoms with Gasteiger partial charge >= 0.3 is 0 Å². The van der Waals surface area contributed by atoms with Crippen LogP contribution in [0.2, 0.25) is 0 Å². The summed E-state index contributed by atoms with van der Waals surface area (Å²) in [5.41, 5.74) is 5.62. The molecule has 1 aliphatic rings. The molecule has 0 aromatic rings. The van der Waals surface area contributed by atoms with Gasteiger partial charge in [-0.25, -0.2) is 13.8 Å². The van der Waals surface area contributed by atoms with Crippen molar-refractivity contribution in [1.29, 1.82) is 0 Å². The summed E-state index contributed by atoms with van der Waals surface area (Å²) in [5.74, 6) is 0.340. The highest BCUT2D eigenvalue weighted by molar-refractivity contribution is 5.99. The Kier molecular flexibility index (Phi) is 4.99. The third-order valence-corrected chi connectivity index (χ3v) is 2.11. The first-order chi connectivity index (χ1) is 8.13. The van der Waals surface area contributed by atoms with Crippen molar-refractivity contribution in [3.05, 3.63) is 36.4 Å². The van der Waals surface area contributed by atoms with E-state index in [1.54, 1.807) is 11.0 Å². The van der Waals surface area contributed by atoms with E-state index in [1.165, 1.54) is 19.4 Å². The lowest BCUT2D eigenvalue weighted by Crippen LogP contribution is -2.26. The van der Waals surface area contributed by atoms with Gasteiger partial charge in [0.25, 0.3) is 6.43 Å². The van der Waals surface area contributed by atoms with Crippen LogP contribution in [0.4, 0.5) is 8.78 Å². The maximum atomic E-state index is 12.7. The van der Waals surface area contributed by atoms with Crippen LogP contribution in [0.15, 0.2) is 41.4 Å². The number of hydrogen-bond acceptors (Lipinski definition) is 4. The first kappa shape index (κ1) is 13.5. The molecular weight excluding hydrogens is 228 g/mol. The maximum Gasteiger partial charge on any atom is 0.280 e. The van der Waals surface area contributed by atoms with Crippen molar-refractivity contribution >= 4 is 5.71 Å². The zero-order valence-electron chi connectivity index (χ0n) is 9.57. The summed E-state index contributed by atoms with van der Waals surface area (Å²) in [6.45, 7) is 4.01. The molecule has 2 N–H and O–H groups in total. The van der Waals surface area contributed by atoms with Gasteiger partial charge in [-0.3, -0.25) is 0 Å². The molecule has 17 heavy (non-hydrogen) atoms. The Morgan fingerprint density at radius 2 is 2.35 bits per heavy atom.